The van der Waals surface area contributed by atoms with Crippen LogP contribution in [0.2, 0.25) is 0 Å². The Morgan fingerprint density at radius 1 is 1.37 bits per heavy atom. The molecular formula is C15H22N2O2. The zero-order valence-electron chi connectivity index (χ0n) is 11.5. The first kappa shape index (κ1) is 13.9. The Labute approximate surface area is 114 Å². The van der Waals surface area contributed by atoms with E-state index in [1.165, 1.54) is 24.1 Å². The lowest BCUT2D eigenvalue weighted by Gasteiger charge is -2.20. The smallest absolute Gasteiger partial charge is 0.304 e. The van der Waals surface area contributed by atoms with Crippen molar-refractivity contribution >= 4 is 11.7 Å². The molecule has 4 nitrogen and oxygen atoms in total. The number of aliphatic carboxylic acids is 1. The highest BCUT2D eigenvalue weighted by molar-refractivity contribution is 5.66. The molecule has 19 heavy (non-hydrogen) atoms. The quantitative estimate of drug-likeness (QED) is 0.853. The first-order valence-corrected chi connectivity index (χ1v) is 6.89. The van der Waals surface area contributed by atoms with E-state index >= 15 is 0 Å². The number of rotatable bonds is 6. The van der Waals surface area contributed by atoms with Crippen molar-refractivity contribution < 1.29 is 9.90 Å². The van der Waals surface area contributed by atoms with Gasteiger partial charge in [0.1, 0.15) is 0 Å². The Bertz CT molecular complexity index is 428. The van der Waals surface area contributed by atoms with Crippen molar-refractivity contribution in [1.82, 2.24) is 4.90 Å². The first-order chi connectivity index (χ1) is 9.15. The zero-order chi connectivity index (χ0) is 13.7. The van der Waals surface area contributed by atoms with Gasteiger partial charge in [0.15, 0.2) is 0 Å². The Hall–Kier alpha value is -1.55. The van der Waals surface area contributed by atoms with Crippen LogP contribution in [-0.4, -0.2) is 42.7 Å². The minimum Gasteiger partial charge on any atom is -0.481 e. The maximum atomic E-state index is 10.6. The third-order valence-corrected chi connectivity index (χ3v) is 3.54. The van der Waals surface area contributed by atoms with Gasteiger partial charge in [-0.25, -0.2) is 0 Å². The van der Waals surface area contributed by atoms with Gasteiger partial charge >= 0.3 is 5.97 Å². The highest BCUT2D eigenvalue weighted by atomic mass is 16.4. The SMILES string of the molecule is CN(CCC(=O)O)Cc1cccc(N2CCCC2)c1. The molecule has 1 aliphatic heterocycles. The summed E-state index contributed by atoms with van der Waals surface area (Å²) in [7, 11) is 1.96. The highest BCUT2D eigenvalue weighted by Crippen LogP contribution is 2.21. The number of hydrogen-bond donors (Lipinski definition) is 1. The van der Waals surface area contributed by atoms with Gasteiger partial charge in [0, 0.05) is 31.9 Å². The fourth-order valence-corrected chi connectivity index (χ4v) is 2.50. The van der Waals surface area contributed by atoms with Crippen LogP contribution in [0, 0.1) is 0 Å². The van der Waals surface area contributed by atoms with Gasteiger partial charge in [-0.3, -0.25) is 4.79 Å². The van der Waals surface area contributed by atoms with Gasteiger partial charge in [-0.2, -0.15) is 0 Å². The monoisotopic (exact) mass is 262 g/mol. The number of benzene rings is 1. The molecule has 1 aromatic carbocycles. The van der Waals surface area contributed by atoms with Gasteiger partial charge in [-0.15, -0.1) is 0 Å². The zero-order valence-corrected chi connectivity index (χ0v) is 11.5. The number of carbonyl (C=O) groups is 1. The molecule has 4 heteroatoms. The molecule has 0 aliphatic carbocycles. The summed E-state index contributed by atoms with van der Waals surface area (Å²) in [5, 5.41) is 8.68. The summed E-state index contributed by atoms with van der Waals surface area (Å²) >= 11 is 0. The molecule has 0 saturated carbocycles. The highest BCUT2D eigenvalue weighted by Gasteiger charge is 2.12. The second kappa shape index (κ2) is 6.57. The largest absolute Gasteiger partial charge is 0.481 e. The third-order valence-electron chi connectivity index (χ3n) is 3.54. The lowest BCUT2D eigenvalue weighted by molar-refractivity contribution is -0.137. The van der Waals surface area contributed by atoms with Gasteiger partial charge in [0.05, 0.1) is 6.42 Å². The number of nitrogens with zero attached hydrogens (tertiary/aromatic N) is 2. The maximum absolute atomic E-state index is 10.6. The minimum atomic E-state index is -0.738. The Balaban J connectivity index is 1.92. The molecule has 0 amide bonds. The summed E-state index contributed by atoms with van der Waals surface area (Å²) in [5.74, 6) is -0.738. The van der Waals surface area contributed by atoms with E-state index < -0.39 is 5.97 Å². The molecule has 0 atom stereocenters. The van der Waals surface area contributed by atoms with Gasteiger partial charge in [0.25, 0.3) is 0 Å². The molecule has 1 heterocycles. The van der Waals surface area contributed by atoms with E-state index in [9.17, 15) is 4.79 Å². The summed E-state index contributed by atoms with van der Waals surface area (Å²) in [5.41, 5.74) is 2.54. The molecule has 104 valence electrons. The minimum absolute atomic E-state index is 0.197. The van der Waals surface area contributed by atoms with Crippen LogP contribution in [-0.2, 0) is 11.3 Å². The van der Waals surface area contributed by atoms with Gasteiger partial charge in [-0.05, 0) is 37.6 Å². The van der Waals surface area contributed by atoms with E-state index in [-0.39, 0.29) is 6.42 Å². The summed E-state index contributed by atoms with van der Waals surface area (Å²) in [4.78, 5) is 15.0. The molecule has 2 rings (SSSR count). The van der Waals surface area contributed by atoms with Crippen molar-refractivity contribution in [3.63, 3.8) is 0 Å². The summed E-state index contributed by atoms with van der Waals surface area (Å²) in [6.07, 6.45) is 2.76. The average molecular weight is 262 g/mol. The van der Waals surface area contributed by atoms with Crippen LogP contribution in [0.5, 0.6) is 0 Å². The third kappa shape index (κ3) is 4.24. The van der Waals surface area contributed by atoms with Crippen LogP contribution in [0.15, 0.2) is 24.3 Å². The molecule has 0 unspecified atom stereocenters. The van der Waals surface area contributed by atoms with Crippen LogP contribution in [0.1, 0.15) is 24.8 Å². The van der Waals surface area contributed by atoms with Crippen molar-refractivity contribution in [2.75, 3.05) is 31.6 Å². The Morgan fingerprint density at radius 3 is 2.79 bits per heavy atom. The van der Waals surface area contributed by atoms with Crippen LogP contribution >= 0.6 is 0 Å². The van der Waals surface area contributed by atoms with E-state index in [0.717, 1.165) is 19.6 Å². The molecule has 0 bridgehead atoms. The fourth-order valence-electron chi connectivity index (χ4n) is 2.50. The van der Waals surface area contributed by atoms with E-state index in [4.69, 9.17) is 5.11 Å². The average Bonchev–Trinajstić information content (AvgIpc) is 2.90. The summed E-state index contributed by atoms with van der Waals surface area (Å²) < 4.78 is 0. The summed E-state index contributed by atoms with van der Waals surface area (Å²) in [6, 6.07) is 8.58. The van der Waals surface area contributed by atoms with E-state index in [2.05, 4.69) is 34.1 Å². The van der Waals surface area contributed by atoms with E-state index in [1.807, 2.05) is 7.05 Å². The maximum Gasteiger partial charge on any atom is 0.304 e. The fraction of sp³-hybridized carbons (Fsp3) is 0.533. The Morgan fingerprint density at radius 2 is 2.11 bits per heavy atom. The molecule has 0 spiro atoms. The van der Waals surface area contributed by atoms with Crippen molar-refractivity contribution in [1.29, 1.82) is 0 Å². The van der Waals surface area contributed by atoms with Gasteiger partial charge < -0.3 is 14.9 Å². The normalized spacial score (nSPS) is 15.2. The number of anilines is 1. The number of carboxylic acid groups (broad SMARTS) is 1. The molecular weight excluding hydrogens is 240 g/mol. The van der Waals surface area contributed by atoms with Crippen LogP contribution in [0.25, 0.3) is 0 Å². The topological polar surface area (TPSA) is 43.8 Å². The van der Waals surface area contributed by atoms with E-state index in [0.29, 0.717) is 6.54 Å². The van der Waals surface area contributed by atoms with Crippen molar-refractivity contribution in [3.8, 4) is 0 Å². The molecule has 1 saturated heterocycles. The summed E-state index contributed by atoms with van der Waals surface area (Å²) in [6.45, 7) is 3.69. The van der Waals surface area contributed by atoms with Crippen LogP contribution in [0.4, 0.5) is 5.69 Å². The lowest BCUT2D eigenvalue weighted by atomic mass is 10.1. The molecule has 0 radical (unpaired) electrons. The standard InChI is InChI=1S/C15H22N2O2/c1-16(10-7-15(18)19)12-13-5-4-6-14(11-13)17-8-2-3-9-17/h4-6,11H,2-3,7-10,12H2,1H3,(H,18,19). The van der Waals surface area contributed by atoms with Gasteiger partial charge in [0.2, 0.25) is 0 Å². The van der Waals surface area contributed by atoms with Crippen molar-refractivity contribution in [2.45, 2.75) is 25.8 Å². The predicted octanol–water partition coefficient (Wildman–Crippen LogP) is 2.19. The number of carboxylic acids is 1. The van der Waals surface area contributed by atoms with Crippen molar-refractivity contribution in [3.05, 3.63) is 29.8 Å². The molecule has 1 N–H and O–H groups in total. The van der Waals surface area contributed by atoms with E-state index in [1.54, 1.807) is 0 Å². The first-order valence-electron chi connectivity index (χ1n) is 6.89. The molecule has 1 fully saturated rings. The lowest BCUT2D eigenvalue weighted by Crippen LogP contribution is -2.22. The molecule has 0 aromatic heterocycles. The Kier molecular flexibility index (Phi) is 4.80. The predicted molar refractivity (Wildman–Crippen MR) is 76.5 cm³/mol. The number of hydrogen-bond acceptors (Lipinski definition) is 3. The molecule has 1 aliphatic rings. The van der Waals surface area contributed by atoms with Crippen LogP contribution < -0.4 is 4.90 Å². The van der Waals surface area contributed by atoms with Gasteiger partial charge in [-0.1, -0.05) is 12.1 Å². The van der Waals surface area contributed by atoms with Crippen molar-refractivity contribution in [2.24, 2.45) is 0 Å². The second-order valence-corrected chi connectivity index (χ2v) is 5.25. The van der Waals surface area contributed by atoms with Crippen LogP contribution in [0.3, 0.4) is 0 Å². The second-order valence-electron chi connectivity index (χ2n) is 5.25. The molecule has 1 aromatic rings.